The Morgan fingerprint density at radius 3 is 2.31 bits per heavy atom. The van der Waals surface area contributed by atoms with E-state index in [9.17, 15) is 0 Å². The van der Waals surface area contributed by atoms with E-state index in [1.165, 1.54) is 5.56 Å². The molecule has 0 saturated carbocycles. The molecule has 0 fully saturated rings. The predicted octanol–water partition coefficient (Wildman–Crippen LogP) is 2.34. The van der Waals surface area contributed by atoms with Gasteiger partial charge in [-0.1, -0.05) is 19.9 Å². The maximum atomic E-state index is 6.13. The molecule has 1 aromatic rings. The molecule has 3 heteroatoms. The summed E-state index contributed by atoms with van der Waals surface area (Å²) in [7, 11) is 5.61. The molecule has 0 aliphatic heterocycles. The van der Waals surface area contributed by atoms with Crippen LogP contribution in [0, 0.1) is 0 Å². The minimum absolute atomic E-state index is 0.131. The molecule has 0 heterocycles. The minimum atomic E-state index is -0.131. The fourth-order valence-electron chi connectivity index (χ4n) is 1.62. The molecule has 3 nitrogen and oxygen atoms in total. The molecule has 2 N–H and O–H groups in total. The van der Waals surface area contributed by atoms with Gasteiger partial charge in [-0.05, 0) is 37.7 Å². The van der Waals surface area contributed by atoms with Crippen molar-refractivity contribution >= 4 is 0 Å². The number of hydrogen-bond donors (Lipinski definition) is 1. The number of methoxy groups -OCH3 is 1. The van der Waals surface area contributed by atoms with Crippen LogP contribution < -0.4 is 10.5 Å². The Hall–Kier alpha value is -1.06. The van der Waals surface area contributed by atoms with Crippen LogP contribution in [0.4, 0.5) is 0 Å². The number of nitrogens with zero attached hydrogens (tertiary/aromatic N) is 1. The second-order valence-corrected chi connectivity index (χ2v) is 4.56. The van der Waals surface area contributed by atoms with E-state index in [0.717, 1.165) is 11.3 Å². The van der Waals surface area contributed by atoms with Gasteiger partial charge in [0.15, 0.2) is 0 Å². The van der Waals surface area contributed by atoms with E-state index in [1.54, 1.807) is 7.11 Å². The molecule has 0 aliphatic carbocycles. The molecule has 0 spiro atoms. The first-order chi connectivity index (χ1) is 7.47. The zero-order valence-corrected chi connectivity index (χ0v) is 10.8. The molecule has 0 bridgehead atoms. The normalized spacial score (nSPS) is 13.2. The molecule has 1 atom stereocenters. The Morgan fingerprint density at radius 1 is 1.25 bits per heavy atom. The van der Waals surface area contributed by atoms with Crippen LogP contribution in [0.3, 0.4) is 0 Å². The van der Waals surface area contributed by atoms with Crippen LogP contribution in [-0.4, -0.2) is 26.1 Å². The van der Waals surface area contributed by atoms with Crippen molar-refractivity contribution in [2.45, 2.75) is 25.9 Å². The second kappa shape index (κ2) is 5.32. The van der Waals surface area contributed by atoms with Gasteiger partial charge in [0.1, 0.15) is 5.75 Å². The maximum Gasteiger partial charge on any atom is 0.124 e. The van der Waals surface area contributed by atoms with Gasteiger partial charge in [-0.25, -0.2) is 0 Å². The number of hydrogen-bond acceptors (Lipinski definition) is 3. The van der Waals surface area contributed by atoms with Crippen molar-refractivity contribution < 1.29 is 4.74 Å². The van der Waals surface area contributed by atoms with Gasteiger partial charge in [0.2, 0.25) is 0 Å². The molecule has 0 aromatic heterocycles. The van der Waals surface area contributed by atoms with Crippen molar-refractivity contribution in [1.82, 2.24) is 4.90 Å². The highest BCUT2D eigenvalue weighted by molar-refractivity contribution is 5.40. The van der Waals surface area contributed by atoms with Gasteiger partial charge in [0.25, 0.3) is 0 Å². The van der Waals surface area contributed by atoms with Crippen molar-refractivity contribution in [2.24, 2.45) is 5.73 Å². The molecular formula is C13H22N2O. The number of nitrogens with two attached hydrogens (primary N) is 1. The minimum Gasteiger partial charge on any atom is -0.496 e. The van der Waals surface area contributed by atoms with E-state index in [-0.39, 0.29) is 6.17 Å². The first-order valence-corrected chi connectivity index (χ1v) is 5.57. The van der Waals surface area contributed by atoms with Crippen molar-refractivity contribution in [3.8, 4) is 5.75 Å². The first-order valence-electron chi connectivity index (χ1n) is 5.57. The maximum absolute atomic E-state index is 6.13. The highest BCUT2D eigenvalue weighted by atomic mass is 16.5. The molecule has 1 aromatic carbocycles. The Kier molecular flexibility index (Phi) is 4.33. The third-order valence-electron chi connectivity index (χ3n) is 2.80. The summed E-state index contributed by atoms with van der Waals surface area (Å²) >= 11 is 0. The molecular weight excluding hydrogens is 200 g/mol. The summed E-state index contributed by atoms with van der Waals surface area (Å²) in [6.07, 6.45) is -0.131. The molecule has 90 valence electrons. The lowest BCUT2D eigenvalue weighted by atomic mass is 9.99. The van der Waals surface area contributed by atoms with Gasteiger partial charge in [-0.15, -0.1) is 0 Å². The summed E-state index contributed by atoms with van der Waals surface area (Å²) in [5.41, 5.74) is 8.45. The summed E-state index contributed by atoms with van der Waals surface area (Å²) in [6.45, 7) is 4.35. The summed E-state index contributed by atoms with van der Waals surface area (Å²) in [5.74, 6) is 1.35. The molecule has 1 unspecified atom stereocenters. The van der Waals surface area contributed by atoms with E-state index in [4.69, 9.17) is 10.5 Å². The second-order valence-electron chi connectivity index (χ2n) is 4.56. The van der Waals surface area contributed by atoms with Crippen molar-refractivity contribution in [3.05, 3.63) is 29.3 Å². The quantitative estimate of drug-likeness (QED) is 0.795. The summed E-state index contributed by atoms with van der Waals surface area (Å²) in [4.78, 5) is 1.97. The molecule has 1 rings (SSSR count). The van der Waals surface area contributed by atoms with E-state index in [0.29, 0.717) is 5.92 Å². The molecule has 0 saturated heterocycles. The summed E-state index contributed by atoms with van der Waals surface area (Å²) in [5, 5.41) is 0. The first kappa shape index (κ1) is 13.0. The fourth-order valence-corrected chi connectivity index (χ4v) is 1.62. The lowest BCUT2D eigenvalue weighted by molar-refractivity contribution is 0.295. The SMILES string of the molecule is COc1ccc(C(C)C)cc1C(N)N(C)C. The molecule has 0 radical (unpaired) electrons. The van der Waals surface area contributed by atoms with Gasteiger partial charge in [0, 0.05) is 5.56 Å². The summed E-state index contributed by atoms with van der Waals surface area (Å²) in [6, 6.07) is 6.22. The van der Waals surface area contributed by atoms with Crippen LogP contribution in [0.1, 0.15) is 37.1 Å². The van der Waals surface area contributed by atoms with E-state index >= 15 is 0 Å². The zero-order valence-electron chi connectivity index (χ0n) is 10.8. The van der Waals surface area contributed by atoms with Crippen LogP contribution in [-0.2, 0) is 0 Å². The molecule has 16 heavy (non-hydrogen) atoms. The van der Waals surface area contributed by atoms with Crippen molar-refractivity contribution in [1.29, 1.82) is 0 Å². The Labute approximate surface area is 98.2 Å². The standard InChI is InChI=1S/C13H22N2O/c1-9(2)10-6-7-12(16-5)11(8-10)13(14)15(3)4/h6-9,13H,14H2,1-5H3. The van der Waals surface area contributed by atoms with Crippen LogP contribution in [0.15, 0.2) is 18.2 Å². The van der Waals surface area contributed by atoms with Crippen molar-refractivity contribution in [2.75, 3.05) is 21.2 Å². The van der Waals surface area contributed by atoms with Crippen LogP contribution in [0.5, 0.6) is 5.75 Å². The third kappa shape index (κ3) is 2.74. The van der Waals surface area contributed by atoms with Crippen LogP contribution in [0.25, 0.3) is 0 Å². The van der Waals surface area contributed by atoms with E-state index in [2.05, 4.69) is 26.0 Å². The van der Waals surface area contributed by atoms with Crippen LogP contribution in [0.2, 0.25) is 0 Å². The highest BCUT2D eigenvalue weighted by Gasteiger charge is 2.15. The zero-order chi connectivity index (χ0) is 12.3. The van der Waals surface area contributed by atoms with Crippen molar-refractivity contribution in [3.63, 3.8) is 0 Å². The Bertz CT molecular complexity index is 348. The fraction of sp³-hybridized carbons (Fsp3) is 0.538. The number of ether oxygens (including phenoxy) is 1. The van der Waals surface area contributed by atoms with Gasteiger partial charge < -0.3 is 10.5 Å². The monoisotopic (exact) mass is 222 g/mol. The lowest BCUT2D eigenvalue weighted by Crippen LogP contribution is -2.28. The molecule has 0 amide bonds. The van der Waals surface area contributed by atoms with Gasteiger partial charge in [-0.3, -0.25) is 4.90 Å². The third-order valence-corrected chi connectivity index (χ3v) is 2.80. The van der Waals surface area contributed by atoms with Gasteiger partial charge in [-0.2, -0.15) is 0 Å². The number of rotatable bonds is 4. The molecule has 0 aliphatic rings. The average Bonchev–Trinajstić information content (AvgIpc) is 2.26. The summed E-state index contributed by atoms with van der Waals surface area (Å²) < 4.78 is 5.34. The Balaban J connectivity index is 3.16. The predicted molar refractivity (Wildman–Crippen MR) is 67.7 cm³/mol. The topological polar surface area (TPSA) is 38.5 Å². The Morgan fingerprint density at radius 2 is 1.88 bits per heavy atom. The van der Waals surface area contributed by atoms with Crippen LogP contribution >= 0.6 is 0 Å². The number of benzene rings is 1. The largest absolute Gasteiger partial charge is 0.496 e. The smallest absolute Gasteiger partial charge is 0.124 e. The van der Waals surface area contributed by atoms with E-state index < -0.39 is 0 Å². The van der Waals surface area contributed by atoms with Gasteiger partial charge >= 0.3 is 0 Å². The highest BCUT2D eigenvalue weighted by Crippen LogP contribution is 2.28. The lowest BCUT2D eigenvalue weighted by Gasteiger charge is -2.23. The van der Waals surface area contributed by atoms with Gasteiger partial charge in [0.05, 0.1) is 13.3 Å². The average molecular weight is 222 g/mol. The van der Waals surface area contributed by atoms with E-state index in [1.807, 2.05) is 25.1 Å².